The average Bonchev–Trinajstić information content (AvgIpc) is 0.834. The Labute approximate surface area is 709 Å². The lowest BCUT2D eigenvalue weighted by Crippen LogP contribution is -2.08. The summed E-state index contributed by atoms with van der Waals surface area (Å²) in [4.78, 5) is 58.2. The predicted octanol–water partition coefficient (Wildman–Crippen LogP) is 24.6. The van der Waals surface area contributed by atoms with Gasteiger partial charge in [-0.15, -0.1) is 0 Å². The molecule has 25 nitrogen and oxygen atoms in total. The molecule has 0 aliphatic heterocycles. The molecule has 0 radical (unpaired) electrons. The van der Waals surface area contributed by atoms with Crippen LogP contribution in [0.1, 0.15) is 38.9 Å². The number of para-hydroxylation sites is 3. The Morgan fingerprint density at radius 3 is 0.563 bits per heavy atom. The number of hydrogen-bond donors (Lipinski definition) is 12. The standard InChI is InChI=1S/C24H24N6.2C22H18Cl2N6.C22H21N7/c1-16-9-8-12-19(15-16)25-22-28-23(26-20-13-6-4-10-17(20)2)30-24(29-22)27-21-14-7-5-11-18(21)3;1-14-5-2-8-17(11-14)25-20-28-21(26-18-9-3-6-15(23)12-18)30-22(29-20)27-19-10-4-7-16(24)13-19;1-14-6-2-3-11-19(14)27-22-29-20(25-17-9-4-7-15(23)12-17)28-21(30-22)26-18-10-5-8-16(24)13-18;1-15-5-3-7-18(13-15)25-21-27-20(24-17-9-11-23-12-10-17)28-22(29-21)26-19-8-4-6-16(2)14-19/h4-15H,1-3H3,(H3,25,26,27,28,29,30);2*2-13H,1H3,(H3,25,26,27,28,29,30);3-14H,1-2H3,(H3,23,24,25,26,27,28,29). The van der Waals surface area contributed by atoms with E-state index in [4.69, 9.17) is 46.4 Å². The van der Waals surface area contributed by atoms with Crippen LogP contribution in [0.2, 0.25) is 20.1 Å². The van der Waals surface area contributed by atoms with Crippen LogP contribution in [0.5, 0.6) is 0 Å². The third kappa shape index (κ3) is 25.9. The molecule has 12 N–H and O–H groups in total. The Bertz CT molecular complexity index is 5770. The molecule has 119 heavy (non-hydrogen) atoms. The number of aromatic nitrogens is 13. The first-order valence-corrected chi connectivity index (χ1v) is 38.9. The largest absolute Gasteiger partial charge is 0.324 e. The summed E-state index contributed by atoms with van der Waals surface area (Å²) in [6.45, 7) is 14.3. The van der Waals surface area contributed by atoms with Crippen LogP contribution in [0, 0.1) is 48.5 Å². The van der Waals surface area contributed by atoms with E-state index in [2.05, 4.69) is 142 Å². The number of nitrogens with one attached hydrogen (secondary N) is 12. The maximum Gasteiger partial charge on any atom is 0.233 e. The van der Waals surface area contributed by atoms with Crippen LogP contribution >= 0.6 is 46.4 Å². The monoisotopic (exact) mass is 1650 g/mol. The fraction of sp³-hybridized carbons (Fsp3) is 0.0778. The third-order valence-electron chi connectivity index (χ3n) is 17.1. The molecular formula is C90H81Cl4N25. The van der Waals surface area contributed by atoms with Crippen LogP contribution in [0.15, 0.2) is 291 Å². The van der Waals surface area contributed by atoms with Crippen LogP contribution in [0.4, 0.5) is 140 Å². The van der Waals surface area contributed by atoms with Gasteiger partial charge >= 0.3 is 0 Å². The summed E-state index contributed by atoms with van der Waals surface area (Å²) < 4.78 is 0. The summed E-state index contributed by atoms with van der Waals surface area (Å²) in [5.41, 5.74) is 18.2. The van der Waals surface area contributed by atoms with Crippen LogP contribution in [-0.4, -0.2) is 64.8 Å². The molecule has 0 saturated carbocycles. The van der Waals surface area contributed by atoms with Gasteiger partial charge in [-0.2, -0.15) is 59.8 Å². The highest BCUT2D eigenvalue weighted by Crippen LogP contribution is 2.31. The second kappa shape index (κ2) is 40.6. The molecule has 594 valence electrons. The van der Waals surface area contributed by atoms with Gasteiger partial charge in [0.1, 0.15) is 0 Å². The molecule has 0 bridgehead atoms. The van der Waals surface area contributed by atoms with E-state index in [0.29, 0.717) is 91.5 Å². The number of hydrogen-bond acceptors (Lipinski definition) is 25. The van der Waals surface area contributed by atoms with Gasteiger partial charge in [-0.1, -0.05) is 174 Å². The van der Waals surface area contributed by atoms with Gasteiger partial charge in [0.05, 0.1) is 0 Å². The number of halogens is 4. The molecule has 0 atom stereocenters. The van der Waals surface area contributed by atoms with Gasteiger partial charge in [-0.05, 0) is 239 Å². The van der Waals surface area contributed by atoms with Gasteiger partial charge in [-0.25, -0.2) is 0 Å². The van der Waals surface area contributed by atoms with Crippen LogP contribution < -0.4 is 63.8 Å². The lowest BCUT2D eigenvalue weighted by molar-refractivity contribution is 1.06. The number of benzene rings is 11. The third-order valence-corrected chi connectivity index (χ3v) is 18.0. The molecule has 0 aliphatic carbocycles. The maximum absolute atomic E-state index is 6.09. The van der Waals surface area contributed by atoms with Crippen LogP contribution in [0.25, 0.3) is 0 Å². The molecule has 0 unspecified atom stereocenters. The predicted molar refractivity (Wildman–Crippen MR) is 487 cm³/mol. The normalized spacial score (nSPS) is 10.5. The molecular weight excluding hydrogens is 1570 g/mol. The average molecular weight is 1650 g/mol. The van der Waals surface area contributed by atoms with Gasteiger partial charge in [0.15, 0.2) is 0 Å². The SMILES string of the molecule is Cc1cccc(Nc2nc(Nc3cccc(Cl)c3)nc(Nc3cccc(Cl)c3)n2)c1.Cc1cccc(Nc2nc(Nc3ccccc3C)nc(Nc3ccccc3C)n2)c1.Cc1cccc(Nc2nc(Nc3ccncc3)nc(Nc3cccc(C)c3)n2)c1.Cc1ccccc1Nc1nc(Nc2cccc(Cl)c2)nc(Nc2cccc(Cl)c2)n1. The van der Waals surface area contributed by atoms with Crippen molar-refractivity contribution in [2.45, 2.75) is 48.5 Å². The zero-order valence-corrected chi connectivity index (χ0v) is 68.6. The minimum atomic E-state index is 0.368. The first kappa shape index (κ1) is 82.4. The molecule has 0 saturated heterocycles. The van der Waals surface area contributed by atoms with E-state index in [1.54, 1.807) is 60.9 Å². The van der Waals surface area contributed by atoms with Crippen molar-refractivity contribution in [2.75, 3.05) is 63.8 Å². The summed E-state index contributed by atoms with van der Waals surface area (Å²) in [5, 5.41) is 41.2. The number of aryl methyl sites for hydroxylation is 7. The second-order valence-corrected chi connectivity index (χ2v) is 28.7. The van der Waals surface area contributed by atoms with Gasteiger partial charge in [-0.3, -0.25) is 4.98 Å². The minimum Gasteiger partial charge on any atom is -0.324 e. The first-order chi connectivity index (χ1) is 57.8. The summed E-state index contributed by atoms with van der Waals surface area (Å²) in [6, 6.07) is 89.1. The van der Waals surface area contributed by atoms with E-state index in [1.165, 1.54) is 0 Å². The molecule has 5 aromatic heterocycles. The quantitative estimate of drug-likeness (QED) is 0.0267. The Morgan fingerprint density at radius 1 is 0.176 bits per heavy atom. The zero-order valence-electron chi connectivity index (χ0n) is 65.5. The van der Waals surface area contributed by atoms with Crippen molar-refractivity contribution < 1.29 is 0 Å². The van der Waals surface area contributed by atoms with E-state index < -0.39 is 0 Å². The minimum absolute atomic E-state index is 0.368. The number of pyridine rings is 1. The van der Waals surface area contributed by atoms with Crippen LogP contribution in [-0.2, 0) is 0 Å². The Kier molecular flexibility index (Phi) is 28.1. The molecule has 29 heteroatoms. The number of nitrogens with zero attached hydrogens (tertiary/aromatic N) is 13. The van der Waals surface area contributed by atoms with E-state index in [9.17, 15) is 0 Å². The molecule has 16 rings (SSSR count). The van der Waals surface area contributed by atoms with E-state index >= 15 is 0 Å². The summed E-state index contributed by atoms with van der Waals surface area (Å²) in [7, 11) is 0. The molecule has 5 heterocycles. The fourth-order valence-electron chi connectivity index (χ4n) is 11.4. The highest BCUT2D eigenvalue weighted by molar-refractivity contribution is 6.31. The fourth-order valence-corrected chi connectivity index (χ4v) is 12.2. The highest BCUT2D eigenvalue weighted by Gasteiger charge is 2.16. The number of rotatable bonds is 24. The van der Waals surface area contributed by atoms with Gasteiger partial charge < -0.3 is 63.8 Å². The van der Waals surface area contributed by atoms with Crippen molar-refractivity contribution in [2.24, 2.45) is 0 Å². The topological polar surface area (TPSA) is 312 Å². The van der Waals surface area contributed by atoms with Gasteiger partial charge in [0.25, 0.3) is 0 Å². The van der Waals surface area contributed by atoms with E-state index in [-0.39, 0.29) is 0 Å². The Balaban J connectivity index is 0.000000137. The van der Waals surface area contributed by atoms with E-state index in [1.807, 2.05) is 266 Å². The Morgan fingerprint density at radius 2 is 0.361 bits per heavy atom. The maximum atomic E-state index is 6.09. The van der Waals surface area contributed by atoms with Crippen LogP contribution in [0.3, 0.4) is 0 Å². The van der Waals surface area contributed by atoms with Crippen molar-refractivity contribution in [3.8, 4) is 0 Å². The molecule has 0 aliphatic rings. The molecule has 0 spiro atoms. The van der Waals surface area contributed by atoms with E-state index in [0.717, 1.165) is 107 Å². The van der Waals surface area contributed by atoms with Crippen molar-refractivity contribution in [1.29, 1.82) is 0 Å². The molecule has 11 aromatic carbocycles. The molecule has 16 aromatic rings. The molecule has 0 fully saturated rings. The highest BCUT2D eigenvalue weighted by atomic mass is 35.5. The molecule has 0 amide bonds. The van der Waals surface area contributed by atoms with Gasteiger partial charge in [0.2, 0.25) is 71.4 Å². The Hall–Kier alpha value is -14.6. The van der Waals surface area contributed by atoms with Crippen molar-refractivity contribution in [1.82, 2.24) is 64.8 Å². The second-order valence-electron chi connectivity index (χ2n) is 26.9. The number of anilines is 24. The summed E-state index contributed by atoms with van der Waals surface area (Å²) in [6.07, 6.45) is 3.42. The van der Waals surface area contributed by atoms with Crippen molar-refractivity contribution in [3.63, 3.8) is 0 Å². The van der Waals surface area contributed by atoms with Gasteiger partial charge in [0, 0.05) is 101 Å². The summed E-state index contributed by atoms with van der Waals surface area (Å²) >= 11 is 24.4. The first-order valence-electron chi connectivity index (χ1n) is 37.4. The smallest absolute Gasteiger partial charge is 0.233 e. The summed E-state index contributed by atoms with van der Waals surface area (Å²) in [5.74, 6) is 4.96. The lowest BCUT2D eigenvalue weighted by atomic mass is 10.2. The van der Waals surface area contributed by atoms with Crippen molar-refractivity contribution in [3.05, 3.63) is 350 Å². The lowest BCUT2D eigenvalue weighted by Gasteiger charge is -2.13. The van der Waals surface area contributed by atoms with Crippen molar-refractivity contribution >= 4 is 186 Å². The zero-order chi connectivity index (χ0) is 82.8.